The van der Waals surface area contributed by atoms with Crippen molar-refractivity contribution in [3.8, 4) is 0 Å². The number of hydrogen-bond acceptors (Lipinski definition) is 3. The monoisotopic (exact) mass is 305 g/mol. The minimum absolute atomic E-state index is 0.0651. The number of halogens is 1. The third-order valence-corrected chi connectivity index (χ3v) is 3.65. The zero-order valence-electron chi connectivity index (χ0n) is 8.70. The highest BCUT2D eigenvalue weighted by Gasteiger charge is 2.12. The van der Waals surface area contributed by atoms with Gasteiger partial charge in [0.2, 0.25) is 0 Å². The summed E-state index contributed by atoms with van der Waals surface area (Å²) in [6.07, 6.45) is 0.503. The molecule has 0 saturated heterocycles. The Hall–Kier alpha value is -0.880. The third-order valence-electron chi connectivity index (χ3n) is 1.96. The topological polar surface area (TPSA) is 66.4 Å². The summed E-state index contributed by atoms with van der Waals surface area (Å²) < 4.78 is 0.876. The molecule has 0 radical (unpaired) electrons. The summed E-state index contributed by atoms with van der Waals surface area (Å²) in [5, 5.41) is 13.1. The summed E-state index contributed by atoms with van der Waals surface area (Å²) >= 11 is 4.62. The standard InChI is InChI=1S/C10H12BrNO3S/c1-6(2-3-9(13)14)12-10(15)8-4-7(11)5-16-8/h4-6H,2-3H2,1H3,(H,12,15)(H,13,14). The van der Waals surface area contributed by atoms with Crippen molar-refractivity contribution in [3.05, 3.63) is 20.8 Å². The second-order valence-corrected chi connectivity index (χ2v) is 5.26. The van der Waals surface area contributed by atoms with Gasteiger partial charge in [0.1, 0.15) is 0 Å². The van der Waals surface area contributed by atoms with E-state index in [1.165, 1.54) is 11.3 Å². The molecule has 1 aromatic heterocycles. The Balaban J connectivity index is 2.42. The Labute approximate surface area is 106 Å². The van der Waals surface area contributed by atoms with Crippen LogP contribution in [-0.2, 0) is 4.79 Å². The molecule has 0 saturated carbocycles. The van der Waals surface area contributed by atoms with E-state index in [2.05, 4.69) is 21.2 Å². The van der Waals surface area contributed by atoms with Crippen LogP contribution < -0.4 is 5.32 Å². The number of carbonyl (C=O) groups is 2. The van der Waals surface area contributed by atoms with Gasteiger partial charge in [-0.05, 0) is 35.3 Å². The fourth-order valence-electron chi connectivity index (χ4n) is 1.14. The summed E-state index contributed by atoms with van der Waals surface area (Å²) in [5.74, 6) is -1.01. The van der Waals surface area contributed by atoms with Crippen molar-refractivity contribution in [3.63, 3.8) is 0 Å². The second-order valence-electron chi connectivity index (χ2n) is 3.44. The fraction of sp³-hybridized carbons (Fsp3) is 0.400. The predicted octanol–water partition coefficient (Wildman–Crippen LogP) is 2.49. The number of carboxylic acid groups (broad SMARTS) is 1. The van der Waals surface area contributed by atoms with E-state index in [1.807, 2.05) is 5.38 Å². The van der Waals surface area contributed by atoms with Crippen LogP contribution in [0.25, 0.3) is 0 Å². The minimum Gasteiger partial charge on any atom is -0.481 e. The molecule has 2 N–H and O–H groups in total. The van der Waals surface area contributed by atoms with Gasteiger partial charge in [0.25, 0.3) is 5.91 Å². The molecule has 1 aromatic rings. The molecule has 1 heterocycles. The number of rotatable bonds is 5. The summed E-state index contributed by atoms with van der Waals surface area (Å²) in [5.41, 5.74) is 0. The first-order valence-corrected chi connectivity index (χ1v) is 6.43. The van der Waals surface area contributed by atoms with E-state index in [0.717, 1.165) is 4.47 Å². The van der Waals surface area contributed by atoms with Crippen molar-refractivity contribution in [2.24, 2.45) is 0 Å². The summed E-state index contributed by atoms with van der Waals surface area (Å²) in [6, 6.07) is 1.61. The van der Waals surface area contributed by atoms with Crippen LogP contribution in [0.4, 0.5) is 0 Å². The van der Waals surface area contributed by atoms with Crippen molar-refractivity contribution in [2.45, 2.75) is 25.8 Å². The number of aliphatic carboxylic acids is 1. The molecule has 4 nitrogen and oxygen atoms in total. The highest BCUT2D eigenvalue weighted by molar-refractivity contribution is 9.10. The van der Waals surface area contributed by atoms with Crippen LogP contribution in [0.3, 0.4) is 0 Å². The number of carboxylic acids is 1. The minimum atomic E-state index is -0.847. The molecule has 1 unspecified atom stereocenters. The molecule has 0 aliphatic carbocycles. The van der Waals surface area contributed by atoms with Gasteiger partial charge in [0.15, 0.2) is 0 Å². The lowest BCUT2D eigenvalue weighted by Crippen LogP contribution is -2.32. The van der Waals surface area contributed by atoms with Gasteiger partial charge in [-0.25, -0.2) is 0 Å². The van der Waals surface area contributed by atoms with Gasteiger partial charge in [-0.2, -0.15) is 0 Å². The zero-order chi connectivity index (χ0) is 12.1. The van der Waals surface area contributed by atoms with E-state index in [-0.39, 0.29) is 18.4 Å². The lowest BCUT2D eigenvalue weighted by molar-refractivity contribution is -0.137. The average Bonchev–Trinajstić information content (AvgIpc) is 2.62. The molecular weight excluding hydrogens is 294 g/mol. The van der Waals surface area contributed by atoms with Crippen LogP contribution >= 0.6 is 27.3 Å². The van der Waals surface area contributed by atoms with Crippen LogP contribution in [0.2, 0.25) is 0 Å². The molecule has 0 aromatic carbocycles. The van der Waals surface area contributed by atoms with E-state index in [4.69, 9.17) is 5.11 Å². The van der Waals surface area contributed by atoms with Gasteiger partial charge in [-0.3, -0.25) is 9.59 Å². The van der Waals surface area contributed by atoms with Gasteiger partial charge in [-0.1, -0.05) is 0 Å². The molecular formula is C10H12BrNO3S. The Bertz CT molecular complexity index is 391. The van der Waals surface area contributed by atoms with E-state index in [0.29, 0.717) is 11.3 Å². The lowest BCUT2D eigenvalue weighted by atomic mass is 10.2. The van der Waals surface area contributed by atoms with Gasteiger partial charge in [-0.15, -0.1) is 11.3 Å². The third kappa shape index (κ3) is 4.32. The predicted molar refractivity (Wildman–Crippen MR) is 65.8 cm³/mol. The Morgan fingerprint density at radius 3 is 2.81 bits per heavy atom. The zero-order valence-corrected chi connectivity index (χ0v) is 11.1. The number of nitrogens with one attached hydrogen (secondary N) is 1. The lowest BCUT2D eigenvalue weighted by Gasteiger charge is -2.11. The summed E-state index contributed by atoms with van der Waals surface area (Å²) in [7, 11) is 0. The maximum absolute atomic E-state index is 11.6. The molecule has 0 aliphatic heterocycles. The molecule has 16 heavy (non-hydrogen) atoms. The van der Waals surface area contributed by atoms with Gasteiger partial charge < -0.3 is 10.4 Å². The van der Waals surface area contributed by atoms with Crippen molar-refractivity contribution in [1.82, 2.24) is 5.32 Å². The Morgan fingerprint density at radius 1 is 1.62 bits per heavy atom. The van der Waals surface area contributed by atoms with Crippen molar-refractivity contribution in [2.75, 3.05) is 0 Å². The van der Waals surface area contributed by atoms with E-state index in [9.17, 15) is 9.59 Å². The van der Waals surface area contributed by atoms with Crippen molar-refractivity contribution < 1.29 is 14.7 Å². The molecule has 0 spiro atoms. The van der Waals surface area contributed by atoms with E-state index in [1.54, 1.807) is 13.0 Å². The van der Waals surface area contributed by atoms with E-state index >= 15 is 0 Å². The quantitative estimate of drug-likeness (QED) is 0.878. The largest absolute Gasteiger partial charge is 0.481 e. The summed E-state index contributed by atoms with van der Waals surface area (Å²) in [6.45, 7) is 1.80. The maximum Gasteiger partial charge on any atom is 0.303 e. The number of amides is 1. The van der Waals surface area contributed by atoms with Crippen LogP contribution in [0.5, 0.6) is 0 Å². The Morgan fingerprint density at radius 2 is 2.31 bits per heavy atom. The molecule has 6 heteroatoms. The first kappa shape index (κ1) is 13.2. The average molecular weight is 306 g/mol. The van der Waals surface area contributed by atoms with Crippen LogP contribution in [0.15, 0.2) is 15.9 Å². The van der Waals surface area contributed by atoms with Crippen LogP contribution in [0, 0.1) is 0 Å². The van der Waals surface area contributed by atoms with Gasteiger partial charge >= 0.3 is 5.97 Å². The number of hydrogen-bond donors (Lipinski definition) is 2. The summed E-state index contributed by atoms with van der Waals surface area (Å²) in [4.78, 5) is 22.6. The first-order chi connectivity index (χ1) is 7.49. The normalized spacial score (nSPS) is 12.1. The molecule has 0 aliphatic rings. The number of thiophene rings is 1. The molecule has 88 valence electrons. The number of carbonyl (C=O) groups excluding carboxylic acids is 1. The second kappa shape index (κ2) is 6.00. The molecule has 1 atom stereocenters. The van der Waals surface area contributed by atoms with Crippen LogP contribution in [0.1, 0.15) is 29.4 Å². The molecule has 1 rings (SSSR count). The Kier molecular flexibility index (Phi) is 4.95. The maximum atomic E-state index is 11.6. The highest BCUT2D eigenvalue weighted by Crippen LogP contribution is 2.19. The SMILES string of the molecule is CC(CCC(=O)O)NC(=O)c1cc(Br)cs1. The van der Waals surface area contributed by atoms with Crippen LogP contribution in [-0.4, -0.2) is 23.0 Å². The van der Waals surface area contributed by atoms with E-state index < -0.39 is 5.97 Å². The smallest absolute Gasteiger partial charge is 0.303 e. The highest BCUT2D eigenvalue weighted by atomic mass is 79.9. The fourth-order valence-corrected chi connectivity index (χ4v) is 2.47. The molecule has 0 fully saturated rings. The van der Waals surface area contributed by atoms with Gasteiger partial charge in [0, 0.05) is 22.3 Å². The van der Waals surface area contributed by atoms with Crippen molar-refractivity contribution >= 4 is 39.1 Å². The molecule has 1 amide bonds. The molecule has 0 bridgehead atoms. The first-order valence-electron chi connectivity index (χ1n) is 4.75. The van der Waals surface area contributed by atoms with Gasteiger partial charge in [0.05, 0.1) is 4.88 Å². The van der Waals surface area contributed by atoms with Crippen molar-refractivity contribution in [1.29, 1.82) is 0 Å².